The fourth-order valence-electron chi connectivity index (χ4n) is 4.20. The second-order valence-corrected chi connectivity index (χ2v) is 7.05. The van der Waals surface area contributed by atoms with Crippen LogP contribution in [0.25, 0.3) is 0 Å². The molecule has 0 bridgehead atoms. The number of nitrogens with zero attached hydrogens (tertiary/aromatic N) is 4. The SMILES string of the molecule is COCc1c(C(=O)N2C[C@@H]3CC[C@@H](Nc4cnccn4)[C@@H]3C2)noc1C. The van der Waals surface area contributed by atoms with Crippen LogP contribution in [0.2, 0.25) is 0 Å². The fraction of sp³-hybridized carbons (Fsp3) is 0.556. The summed E-state index contributed by atoms with van der Waals surface area (Å²) in [6.45, 7) is 3.62. The Balaban J connectivity index is 1.46. The Kier molecular flexibility index (Phi) is 4.58. The van der Waals surface area contributed by atoms with Gasteiger partial charge >= 0.3 is 0 Å². The first-order valence-corrected chi connectivity index (χ1v) is 8.93. The van der Waals surface area contributed by atoms with Gasteiger partial charge < -0.3 is 19.5 Å². The van der Waals surface area contributed by atoms with E-state index in [9.17, 15) is 4.79 Å². The molecule has 0 spiro atoms. The van der Waals surface area contributed by atoms with Crippen LogP contribution in [-0.2, 0) is 11.3 Å². The van der Waals surface area contributed by atoms with Gasteiger partial charge in [0, 0.05) is 44.6 Å². The van der Waals surface area contributed by atoms with Crippen LogP contribution in [0, 0.1) is 18.8 Å². The first kappa shape index (κ1) is 17.0. The zero-order valence-corrected chi connectivity index (χ0v) is 15.0. The number of nitrogens with one attached hydrogen (secondary N) is 1. The number of methoxy groups -OCH3 is 1. The van der Waals surface area contributed by atoms with Crippen molar-refractivity contribution in [2.75, 3.05) is 25.5 Å². The Morgan fingerprint density at radius 1 is 1.38 bits per heavy atom. The maximum atomic E-state index is 13.0. The van der Waals surface area contributed by atoms with Crippen LogP contribution in [0.4, 0.5) is 5.82 Å². The van der Waals surface area contributed by atoms with E-state index in [0.29, 0.717) is 35.9 Å². The minimum atomic E-state index is -0.0680. The summed E-state index contributed by atoms with van der Waals surface area (Å²) < 4.78 is 10.4. The number of ether oxygens (including phenoxy) is 1. The van der Waals surface area contributed by atoms with E-state index in [2.05, 4.69) is 20.4 Å². The van der Waals surface area contributed by atoms with Gasteiger partial charge in [-0.25, -0.2) is 4.98 Å². The summed E-state index contributed by atoms with van der Waals surface area (Å²) in [5, 5.41) is 7.46. The average molecular weight is 357 g/mol. The van der Waals surface area contributed by atoms with Crippen LogP contribution < -0.4 is 5.32 Å². The maximum Gasteiger partial charge on any atom is 0.276 e. The van der Waals surface area contributed by atoms with Crippen molar-refractivity contribution in [3.05, 3.63) is 35.6 Å². The minimum absolute atomic E-state index is 0.0680. The molecule has 1 N–H and O–H groups in total. The van der Waals surface area contributed by atoms with Crippen molar-refractivity contribution in [1.29, 1.82) is 0 Å². The number of anilines is 1. The molecule has 3 heterocycles. The molecule has 1 saturated heterocycles. The summed E-state index contributed by atoms with van der Waals surface area (Å²) in [4.78, 5) is 23.3. The molecule has 0 aromatic carbocycles. The van der Waals surface area contributed by atoms with E-state index in [-0.39, 0.29) is 5.91 Å². The molecule has 3 atom stereocenters. The number of amides is 1. The lowest BCUT2D eigenvalue weighted by atomic mass is 9.98. The van der Waals surface area contributed by atoms with Crippen LogP contribution in [0.5, 0.6) is 0 Å². The third-order valence-electron chi connectivity index (χ3n) is 5.52. The maximum absolute atomic E-state index is 13.0. The second kappa shape index (κ2) is 7.03. The van der Waals surface area contributed by atoms with E-state index >= 15 is 0 Å². The third kappa shape index (κ3) is 3.05. The quantitative estimate of drug-likeness (QED) is 0.873. The topological polar surface area (TPSA) is 93.4 Å². The number of carbonyl (C=O) groups excluding carboxylic acids is 1. The summed E-state index contributed by atoms with van der Waals surface area (Å²) in [5.74, 6) is 2.28. The van der Waals surface area contributed by atoms with Crippen molar-refractivity contribution in [3.63, 3.8) is 0 Å². The molecule has 1 saturated carbocycles. The lowest BCUT2D eigenvalue weighted by Crippen LogP contribution is -2.34. The summed E-state index contributed by atoms with van der Waals surface area (Å²) in [6.07, 6.45) is 7.28. The minimum Gasteiger partial charge on any atom is -0.380 e. The molecule has 2 aliphatic rings. The normalized spacial score (nSPS) is 24.7. The highest BCUT2D eigenvalue weighted by molar-refractivity contribution is 5.94. The van der Waals surface area contributed by atoms with Gasteiger partial charge in [0.1, 0.15) is 11.6 Å². The van der Waals surface area contributed by atoms with Gasteiger partial charge in [0.05, 0.1) is 18.4 Å². The number of fused-ring (bicyclic) bond motifs is 1. The van der Waals surface area contributed by atoms with Crippen molar-refractivity contribution in [2.24, 2.45) is 11.8 Å². The van der Waals surface area contributed by atoms with E-state index in [4.69, 9.17) is 9.26 Å². The molecule has 4 rings (SSSR count). The highest BCUT2D eigenvalue weighted by atomic mass is 16.5. The van der Waals surface area contributed by atoms with Gasteiger partial charge in [0.25, 0.3) is 5.91 Å². The number of hydrogen-bond acceptors (Lipinski definition) is 7. The molecule has 1 aliphatic heterocycles. The van der Waals surface area contributed by atoms with Gasteiger partial charge in [-0.2, -0.15) is 0 Å². The van der Waals surface area contributed by atoms with Crippen LogP contribution >= 0.6 is 0 Å². The molecule has 8 nitrogen and oxygen atoms in total. The monoisotopic (exact) mass is 357 g/mol. The van der Waals surface area contributed by atoms with Crippen LogP contribution in [0.3, 0.4) is 0 Å². The molecule has 2 fully saturated rings. The molecule has 2 aromatic rings. The van der Waals surface area contributed by atoms with Gasteiger partial charge in [0.2, 0.25) is 0 Å². The molecule has 26 heavy (non-hydrogen) atoms. The van der Waals surface area contributed by atoms with E-state index in [1.807, 2.05) is 4.90 Å². The molecule has 1 amide bonds. The second-order valence-electron chi connectivity index (χ2n) is 7.05. The third-order valence-corrected chi connectivity index (χ3v) is 5.52. The number of rotatable bonds is 5. The van der Waals surface area contributed by atoms with E-state index in [0.717, 1.165) is 37.3 Å². The standard InChI is InChI=1S/C18H23N5O3/c1-11-14(10-25-2)17(22-26-11)18(24)23-8-12-3-4-15(13(12)9-23)21-16-7-19-5-6-20-16/h5-7,12-13,15H,3-4,8-10H2,1-2H3,(H,20,21)/t12-,13+,15+/m0/s1. The zero-order valence-electron chi connectivity index (χ0n) is 15.0. The van der Waals surface area contributed by atoms with Gasteiger partial charge in [-0.05, 0) is 25.7 Å². The van der Waals surface area contributed by atoms with Crippen molar-refractivity contribution in [3.8, 4) is 0 Å². The van der Waals surface area contributed by atoms with Gasteiger partial charge in [-0.1, -0.05) is 5.16 Å². The number of hydrogen-bond donors (Lipinski definition) is 1. The van der Waals surface area contributed by atoms with Gasteiger partial charge in [0.15, 0.2) is 5.69 Å². The van der Waals surface area contributed by atoms with Crippen molar-refractivity contribution >= 4 is 11.7 Å². The lowest BCUT2D eigenvalue weighted by molar-refractivity contribution is 0.0765. The molecule has 0 unspecified atom stereocenters. The van der Waals surface area contributed by atoms with Crippen molar-refractivity contribution in [2.45, 2.75) is 32.4 Å². The molecule has 138 valence electrons. The van der Waals surface area contributed by atoms with Gasteiger partial charge in [-0.3, -0.25) is 9.78 Å². The first-order chi connectivity index (χ1) is 12.7. The molecule has 0 radical (unpaired) electrons. The lowest BCUT2D eigenvalue weighted by Gasteiger charge is -2.21. The molecule has 2 aromatic heterocycles. The van der Waals surface area contributed by atoms with Crippen LogP contribution in [0.15, 0.2) is 23.1 Å². The fourth-order valence-corrected chi connectivity index (χ4v) is 4.20. The Labute approximate surface area is 151 Å². The number of likely N-dealkylation sites (tertiary alicyclic amines) is 1. The predicted octanol–water partition coefficient (Wildman–Crippen LogP) is 1.88. The number of aromatic nitrogens is 3. The van der Waals surface area contributed by atoms with E-state index < -0.39 is 0 Å². The van der Waals surface area contributed by atoms with E-state index in [1.165, 1.54) is 0 Å². The Morgan fingerprint density at radius 3 is 3.04 bits per heavy atom. The smallest absolute Gasteiger partial charge is 0.276 e. The Hall–Kier alpha value is -2.48. The molecule has 8 heteroatoms. The highest BCUT2D eigenvalue weighted by Crippen LogP contribution is 2.40. The van der Waals surface area contributed by atoms with Crippen LogP contribution in [0.1, 0.15) is 34.7 Å². The molecule has 1 aliphatic carbocycles. The zero-order chi connectivity index (χ0) is 18.1. The Morgan fingerprint density at radius 2 is 2.27 bits per heavy atom. The summed E-state index contributed by atoms with van der Waals surface area (Å²) in [7, 11) is 1.60. The van der Waals surface area contributed by atoms with E-state index in [1.54, 1.807) is 32.6 Å². The largest absolute Gasteiger partial charge is 0.380 e. The summed E-state index contributed by atoms with van der Waals surface area (Å²) in [6, 6.07) is 0.312. The van der Waals surface area contributed by atoms with Gasteiger partial charge in [-0.15, -0.1) is 0 Å². The average Bonchev–Trinajstić information content (AvgIpc) is 3.33. The van der Waals surface area contributed by atoms with Crippen LogP contribution in [-0.4, -0.2) is 52.2 Å². The number of carbonyl (C=O) groups is 1. The molecular weight excluding hydrogens is 334 g/mol. The first-order valence-electron chi connectivity index (χ1n) is 8.93. The number of aryl methyl sites for hydroxylation is 1. The highest BCUT2D eigenvalue weighted by Gasteiger charge is 2.45. The van der Waals surface area contributed by atoms with Crippen molar-refractivity contribution < 1.29 is 14.1 Å². The molecular formula is C18H23N5O3. The Bertz CT molecular complexity index is 778. The predicted molar refractivity (Wildman–Crippen MR) is 93.5 cm³/mol. The summed E-state index contributed by atoms with van der Waals surface area (Å²) in [5.41, 5.74) is 1.12. The summed E-state index contributed by atoms with van der Waals surface area (Å²) >= 11 is 0. The van der Waals surface area contributed by atoms with Crippen molar-refractivity contribution in [1.82, 2.24) is 20.0 Å².